The summed E-state index contributed by atoms with van der Waals surface area (Å²) in [7, 11) is 0. The lowest BCUT2D eigenvalue weighted by Crippen LogP contribution is -2.23. The summed E-state index contributed by atoms with van der Waals surface area (Å²) in [5, 5.41) is 0. The second-order valence-electron chi connectivity index (χ2n) is 4.57. The molecular formula is C15H15NO2S2. The number of rotatable bonds is 4. The lowest BCUT2D eigenvalue weighted by Gasteiger charge is -2.32. The number of para-hydroxylation sites is 2. The van der Waals surface area contributed by atoms with Crippen LogP contribution in [0.25, 0.3) is 0 Å². The Balaban J connectivity index is 1.93. The van der Waals surface area contributed by atoms with Gasteiger partial charge in [0.15, 0.2) is 11.1 Å². The van der Waals surface area contributed by atoms with Gasteiger partial charge in [-0.1, -0.05) is 36.0 Å². The maximum absolute atomic E-state index is 10.8. The summed E-state index contributed by atoms with van der Waals surface area (Å²) in [4.78, 5) is 4.71. The van der Waals surface area contributed by atoms with Gasteiger partial charge in [-0.25, -0.2) is 4.21 Å². The van der Waals surface area contributed by atoms with Gasteiger partial charge in [-0.15, -0.1) is 0 Å². The third-order valence-electron chi connectivity index (χ3n) is 3.23. The molecule has 0 radical (unpaired) electrons. The van der Waals surface area contributed by atoms with E-state index in [2.05, 4.69) is 29.2 Å². The fourth-order valence-corrected chi connectivity index (χ4v) is 3.84. The molecule has 2 aromatic rings. The van der Waals surface area contributed by atoms with E-state index in [0.717, 1.165) is 6.54 Å². The first-order valence-corrected chi connectivity index (χ1v) is 8.56. The molecule has 1 aliphatic rings. The number of benzene rings is 2. The summed E-state index contributed by atoms with van der Waals surface area (Å²) >= 11 is 0.0576. The Morgan fingerprint density at radius 2 is 1.55 bits per heavy atom. The average molecular weight is 305 g/mol. The van der Waals surface area contributed by atoms with Gasteiger partial charge >= 0.3 is 0 Å². The monoisotopic (exact) mass is 305 g/mol. The van der Waals surface area contributed by atoms with E-state index in [1.807, 2.05) is 24.3 Å². The van der Waals surface area contributed by atoms with E-state index in [0.29, 0.717) is 12.2 Å². The van der Waals surface area contributed by atoms with Gasteiger partial charge in [0.2, 0.25) is 0 Å². The van der Waals surface area contributed by atoms with E-state index >= 15 is 0 Å². The predicted molar refractivity (Wildman–Crippen MR) is 84.3 cm³/mol. The smallest absolute Gasteiger partial charge is 0.152 e. The molecule has 0 fully saturated rings. The van der Waals surface area contributed by atoms with Crippen molar-refractivity contribution in [2.45, 2.75) is 16.2 Å². The zero-order chi connectivity index (χ0) is 13.9. The third kappa shape index (κ3) is 2.75. The molecule has 0 spiro atoms. The van der Waals surface area contributed by atoms with Crippen LogP contribution in [0.5, 0.6) is 0 Å². The SMILES string of the molecule is O=S(O)CCCN1c2ccccc2Sc2ccccc21. The molecular weight excluding hydrogens is 290 g/mol. The maximum atomic E-state index is 10.8. The van der Waals surface area contributed by atoms with Crippen LogP contribution in [0.3, 0.4) is 0 Å². The van der Waals surface area contributed by atoms with E-state index in [4.69, 9.17) is 4.55 Å². The van der Waals surface area contributed by atoms with Gasteiger partial charge in [-0.05, 0) is 30.7 Å². The fourth-order valence-electron chi connectivity index (χ4n) is 2.37. The molecule has 20 heavy (non-hydrogen) atoms. The largest absolute Gasteiger partial charge is 0.340 e. The molecule has 2 aromatic carbocycles. The van der Waals surface area contributed by atoms with Crippen molar-refractivity contribution in [1.82, 2.24) is 0 Å². The van der Waals surface area contributed by atoms with Crippen LogP contribution in [0.4, 0.5) is 11.4 Å². The number of hydrogen-bond donors (Lipinski definition) is 1. The molecule has 1 heterocycles. The van der Waals surface area contributed by atoms with E-state index in [9.17, 15) is 4.21 Å². The van der Waals surface area contributed by atoms with Gasteiger partial charge < -0.3 is 9.45 Å². The molecule has 3 rings (SSSR count). The molecule has 104 valence electrons. The third-order valence-corrected chi connectivity index (χ3v) is 5.00. The molecule has 0 aliphatic carbocycles. The molecule has 0 saturated carbocycles. The Hall–Kier alpha value is -1.30. The number of anilines is 2. The number of fused-ring (bicyclic) bond motifs is 2. The molecule has 1 aliphatic heterocycles. The molecule has 0 saturated heterocycles. The minimum Gasteiger partial charge on any atom is -0.340 e. The van der Waals surface area contributed by atoms with Gasteiger partial charge in [0, 0.05) is 16.3 Å². The highest BCUT2D eigenvalue weighted by molar-refractivity contribution is 7.99. The molecule has 1 N–H and O–H groups in total. The first-order chi connectivity index (χ1) is 9.75. The van der Waals surface area contributed by atoms with Crippen molar-refractivity contribution >= 4 is 34.2 Å². The van der Waals surface area contributed by atoms with Crippen molar-refractivity contribution in [2.24, 2.45) is 0 Å². The molecule has 0 aromatic heterocycles. The van der Waals surface area contributed by atoms with Crippen molar-refractivity contribution in [3.63, 3.8) is 0 Å². The normalized spacial score (nSPS) is 14.6. The zero-order valence-corrected chi connectivity index (χ0v) is 12.5. The van der Waals surface area contributed by atoms with Gasteiger partial charge in [0.1, 0.15) is 0 Å². The first kappa shape index (κ1) is 13.7. The van der Waals surface area contributed by atoms with Crippen molar-refractivity contribution in [3.05, 3.63) is 48.5 Å². The topological polar surface area (TPSA) is 40.5 Å². The molecule has 0 bridgehead atoms. The fraction of sp³-hybridized carbons (Fsp3) is 0.200. The highest BCUT2D eigenvalue weighted by atomic mass is 32.2. The standard InChI is InChI=1S/C15H15NO2S2/c17-20(18)11-5-10-16-12-6-1-3-8-14(12)19-15-9-4-2-7-13(15)16/h1-4,6-9H,5,10-11H2,(H,17,18). The van der Waals surface area contributed by atoms with E-state index in [-0.39, 0.29) is 0 Å². The van der Waals surface area contributed by atoms with Crippen LogP contribution in [-0.4, -0.2) is 21.1 Å². The van der Waals surface area contributed by atoms with Crippen LogP contribution in [-0.2, 0) is 11.1 Å². The quantitative estimate of drug-likeness (QED) is 0.870. The number of hydrogen-bond acceptors (Lipinski definition) is 3. The van der Waals surface area contributed by atoms with Gasteiger partial charge in [-0.2, -0.15) is 0 Å². The molecule has 0 amide bonds. The van der Waals surface area contributed by atoms with Gasteiger partial charge in [0.05, 0.1) is 17.1 Å². The second-order valence-corrected chi connectivity index (χ2v) is 6.70. The minimum absolute atomic E-state index is 0.313. The summed E-state index contributed by atoms with van der Waals surface area (Å²) in [6, 6.07) is 16.6. The molecule has 5 heteroatoms. The van der Waals surface area contributed by atoms with Crippen molar-refractivity contribution in [3.8, 4) is 0 Å². The highest BCUT2D eigenvalue weighted by Crippen LogP contribution is 2.47. The van der Waals surface area contributed by atoms with Crippen molar-refractivity contribution in [2.75, 3.05) is 17.2 Å². The van der Waals surface area contributed by atoms with Crippen LogP contribution < -0.4 is 4.90 Å². The highest BCUT2D eigenvalue weighted by Gasteiger charge is 2.22. The lowest BCUT2D eigenvalue weighted by atomic mass is 10.2. The molecule has 3 nitrogen and oxygen atoms in total. The Bertz CT molecular complexity index is 600. The Morgan fingerprint density at radius 3 is 2.10 bits per heavy atom. The molecule has 1 unspecified atom stereocenters. The van der Waals surface area contributed by atoms with Crippen molar-refractivity contribution in [1.29, 1.82) is 0 Å². The molecule has 1 atom stereocenters. The summed E-state index contributed by atoms with van der Waals surface area (Å²) < 4.78 is 19.7. The van der Waals surface area contributed by atoms with Gasteiger partial charge in [-0.3, -0.25) is 0 Å². The maximum Gasteiger partial charge on any atom is 0.152 e. The van der Waals surface area contributed by atoms with Crippen LogP contribution in [0.15, 0.2) is 58.3 Å². The van der Waals surface area contributed by atoms with Crippen LogP contribution in [0, 0.1) is 0 Å². The zero-order valence-electron chi connectivity index (χ0n) is 10.9. The van der Waals surface area contributed by atoms with Crippen LogP contribution in [0.1, 0.15) is 6.42 Å². The summed E-state index contributed by atoms with van der Waals surface area (Å²) in [5.74, 6) is 0.313. The Kier molecular flexibility index (Phi) is 4.10. The average Bonchev–Trinajstić information content (AvgIpc) is 2.46. The Morgan fingerprint density at radius 1 is 1.00 bits per heavy atom. The number of nitrogens with zero attached hydrogens (tertiary/aromatic N) is 1. The first-order valence-electron chi connectivity index (χ1n) is 6.46. The van der Waals surface area contributed by atoms with E-state index in [1.165, 1.54) is 21.2 Å². The Labute approximate surface area is 125 Å². The van der Waals surface area contributed by atoms with Crippen LogP contribution in [0.2, 0.25) is 0 Å². The predicted octanol–water partition coefficient (Wildman–Crippen LogP) is 3.90. The summed E-state index contributed by atoms with van der Waals surface area (Å²) in [5.41, 5.74) is 2.36. The van der Waals surface area contributed by atoms with Gasteiger partial charge in [0.25, 0.3) is 0 Å². The second kappa shape index (κ2) is 5.99. The lowest BCUT2D eigenvalue weighted by molar-refractivity contribution is 0.562. The van der Waals surface area contributed by atoms with Crippen molar-refractivity contribution < 1.29 is 8.76 Å². The summed E-state index contributed by atoms with van der Waals surface area (Å²) in [6.45, 7) is 0.751. The summed E-state index contributed by atoms with van der Waals surface area (Å²) in [6.07, 6.45) is 0.691. The van der Waals surface area contributed by atoms with E-state index < -0.39 is 11.1 Å². The minimum atomic E-state index is -1.72. The van der Waals surface area contributed by atoms with E-state index in [1.54, 1.807) is 11.8 Å². The van der Waals surface area contributed by atoms with Crippen LogP contribution >= 0.6 is 11.8 Å².